The molecule has 1 N–H and O–H groups in total. The minimum atomic E-state index is -0.132. The van der Waals surface area contributed by atoms with Crippen LogP contribution < -0.4 is 5.32 Å². The van der Waals surface area contributed by atoms with E-state index in [9.17, 15) is 4.79 Å². The quantitative estimate of drug-likeness (QED) is 0.932. The van der Waals surface area contributed by atoms with E-state index in [1.807, 2.05) is 23.1 Å². The van der Waals surface area contributed by atoms with Crippen LogP contribution in [0.15, 0.2) is 11.4 Å². The number of nitrogens with one attached hydrogen (secondary N) is 1. The molecule has 0 spiro atoms. The van der Waals surface area contributed by atoms with Gasteiger partial charge in [0, 0.05) is 31.1 Å². The number of hydrogen-bond acceptors (Lipinski definition) is 5. The van der Waals surface area contributed by atoms with Crippen LogP contribution in [-0.2, 0) is 19.6 Å². The Morgan fingerprint density at radius 3 is 2.96 bits per heavy atom. The van der Waals surface area contributed by atoms with E-state index in [2.05, 4.69) is 34.1 Å². The fourth-order valence-electron chi connectivity index (χ4n) is 2.79. The highest BCUT2D eigenvalue weighted by Crippen LogP contribution is 2.16. The smallest absolute Gasteiger partial charge is 0.272 e. The van der Waals surface area contributed by atoms with Gasteiger partial charge in [0.2, 0.25) is 0 Å². The highest BCUT2D eigenvalue weighted by atomic mass is 32.1. The van der Waals surface area contributed by atoms with E-state index in [0.29, 0.717) is 18.3 Å². The average Bonchev–Trinajstić information content (AvgIpc) is 3.05. The van der Waals surface area contributed by atoms with Gasteiger partial charge in [-0.25, -0.2) is 4.98 Å². The molecule has 124 valence electrons. The number of rotatable bonds is 4. The van der Waals surface area contributed by atoms with E-state index >= 15 is 0 Å². The lowest BCUT2D eigenvalue weighted by molar-refractivity contribution is 0.0944. The van der Waals surface area contributed by atoms with E-state index < -0.39 is 0 Å². The molecule has 1 aliphatic heterocycles. The van der Waals surface area contributed by atoms with Gasteiger partial charge >= 0.3 is 0 Å². The van der Waals surface area contributed by atoms with Crippen molar-refractivity contribution in [3.63, 3.8) is 0 Å². The number of fused-ring (bicyclic) bond motifs is 1. The average molecular weight is 333 g/mol. The Morgan fingerprint density at radius 1 is 1.43 bits per heavy atom. The summed E-state index contributed by atoms with van der Waals surface area (Å²) in [6.07, 6.45) is 1.06. The zero-order chi connectivity index (χ0) is 16.4. The van der Waals surface area contributed by atoms with Crippen LogP contribution in [-0.4, -0.2) is 38.2 Å². The first-order chi connectivity index (χ1) is 11.0. The van der Waals surface area contributed by atoms with Crippen molar-refractivity contribution in [1.29, 1.82) is 0 Å². The van der Waals surface area contributed by atoms with E-state index in [1.54, 1.807) is 11.3 Å². The van der Waals surface area contributed by atoms with Crippen molar-refractivity contribution in [1.82, 2.24) is 25.0 Å². The van der Waals surface area contributed by atoms with Crippen molar-refractivity contribution in [2.24, 2.45) is 0 Å². The zero-order valence-corrected chi connectivity index (χ0v) is 14.7. The van der Waals surface area contributed by atoms with Gasteiger partial charge in [-0.1, -0.05) is 0 Å². The molecule has 1 amide bonds. The molecule has 3 rings (SSSR count). The lowest BCUT2D eigenvalue weighted by Gasteiger charge is -2.23. The standard InChI is InChI=1S/C16H23N5OS/c1-11(2)20-5-4-6-21-14(9-20)7-15(19-21)16(22)17-8-13-10-23-12(3)18-13/h7,10-11H,4-6,8-9H2,1-3H3,(H,17,22). The lowest BCUT2D eigenvalue weighted by atomic mass is 10.2. The first-order valence-electron chi connectivity index (χ1n) is 8.03. The number of amides is 1. The molecule has 0 unspecified atom stereocenters. The summed E-state index contributed by atoms with van der Waals surface area (Å²) >= 11 is 1.59. The molecule has 0 bridgehead atoms. The Kier molecular flexibility index (Phi) is 4.77. The van der Waals surface area contributed by atoms with E-state index in [-0.39, 0.29) is 5.91 Å². The molecule has 0 fully saturated rings. The van der Waals surface area contributed by atoms with Crippen LogP contribution in [0, 0.1) is 6.92 Å². The fourth-order valence-corrected chi connectivity index (χ4v) is 3.40. The Morgan fingerprint density at radius 2 is 2.26 bits per heavy atom. The third kappa shape index (κ3) is 3.79. The molecule has 0 aliphatic carbocycles. The normalized spacial score (nSPS) is 15.5. The van der Waals surface area contributed by atoms with Crippen LogP contribution in [0.5, 0.6) is 0 Å². The summed E-state index contributed by atoms with van der Waals surface area (Å²) in [4.78, 5) is 19.1. The summed E-state index contributed by atoms with van der Waals surface area (Å²) in [5, 5.41) is 10.4. The first-order valence-corrected chi connectivity index (χ1v) is 8.91. The summed E-state index contributed by atoms with van der Waals surface area (Å²) in [6, 6.07) is 2.42. The molecule has 23 heavy (non-hydrogen) atoms. The van der Waals surface area contributed by atoms with Crippen molar-refractivity contribution in [3.05, 3.63) is 33.5 Å². The molecule has 7 heteroatoms. The Bertz CT molecular complexity index is 690. The molecule has 2 aromatic heterocycles. The zero-order valence-electron chi connectivity index (χ0n) is 13.9. The van der Waals surface area contributed by atoms with Gasteiger partial charge in [0.05, 0.1) is 22.9 Å². The summed E-state index contributed by atoms with van der Waals surface area (Å²) < 4.78 is 1.98. The van der Waals surface area contributed by atoms with Gasteiger partial charge in [-0.2, -0.15) is 5.10 Å². The monoisotopic (exact) mass is 333 g/mol. The molecule has 3 heterocycles. The second-order valence-corrected chi connectivity index (χ2v) is 7.26. The van der Waals surface area contributed by atoms with Gasteiger partial charge in [0.15, 0.2) is 5.69 Å². The van der Waals surface area contributed by atoms with Crippen molar-refractivity contribution in [3.8, 4) is 0 Å². The van der Waals surface area contributed by atoms with Crippen LogP contribution >= 0.6 is 11.3 Å². The maximum atomic E-state index is 12.3. The number of nitrogens with zero attached hydrogens (tertiary/aromatic N) is 4. The molecule has 1 aliphatic rings. The van der Waals surface area contributed by atoms with Crippen LogP contribution in [0.1, 0.15) is 47.2 Å². The summed E-state index contributed by atoms with van der Waals surface area (Å²) in [6.45, 7) is 9.61. The van der Waals surface area contributed by atoms with Gasteiger partial charge in [-0.3, -0.25) is 14.4 Å². The molecule has 2 aromatic rings. The SMILES string of the molecule is Cc1nc(CNC(=O)c2cc3n(n2)CCCN(C(C)C)C3)cs1. The molecule has 6 nitrogen and oxygen atoms in total. The van der Waals surface area contributed by atoms with Crippen molar-refractivity contribution in [2.75, 3.05) is 6.54 Å². The Balaban J connectivity index is 1.67. The number of carbonyl (C=O) groups excluding carboxylic acids is 1. The van der Waals surface area contributed by atoms with Gasteiger partial charge in [0.25, 0.3) is 5.91 Å². The van der Waals surface area contributed by atoms with Crippen LogP contribution in [0.2, 0.25) is 0 Å². The predicted octanol–water partition coefficient (Wildman–Crippen LogP) is 2.19. The first kappa shape index (κ1) is 16.1. The molecular weight excluding hydrogens is 310 g/mol. The van der Waals surface area contributed by atoms with E-state index in [0.717, 1.165) is 42.5 Å². The molecule has 0 saturated heterocycles. The third-order valence-corrected chi connectivity index (χ3v) is 4.93. The topological polar surface area (TPSA) is 63.1 Å². The largest absolute Gasteiger partial charge is 0.345 e. The molecule has 0 aromatic carbocycles. The third-order valence-electron chi connectivity index (χ3n) is 4.10. The number of carbonyl (C=O) groups is 1. The highest BCUT2D eigenvalue weighted by Gasteiger charge is 2.20. The minimum absolute atomic E-state index is 0.132. The van der Waals surface area contributed by atoms with Crippen LogP contribution in [0.3, 0.4) is 0 Å². The highest BCUT2D eigenvalue weighted by molar-refractivity contribution is 7.09. The molecule has 0 atom stereocenters. The second kappa shape index (κ2) is 6.80. The van der Waals surface area contributed by atoms with Crippen molar-refractivity contribution >= 4 is 17.2 Å². The molecule has 0 saturated carbocycles. The molecular formula is C16H23N5OS. The second-order valence-electron chi connectivity index (χ2n) is 6.20. The van der Waals surface area contributed by atoms with Gasteiger partial charge in [-0.15, -0.1) is 11.3 Å². The number of aromatic nitrogens is 3. The number of aryl methyl sites for hydroxylation is 2. The van der Waals surface area contributed by atoms with E-state index in [4.69, 9.17) is 0 Å². The van der Waals surface area contributed by atoms with Crippen LogP contribution in [0.25, 0.3) is 0 Å². The van der Waals surface area contributed by atoms with Gasteiger partial charge < -0.3 is 5.32 Å². The number of thiazole rings is 1. The summed E-state index contributed by atoms with van der Waals surface area (Å²) in [5.41, 5.74) is 2.51. The van der Waals surface area contributed by atoms with Gasteiger partial charge in [0.1, 0.15) is 0 Å². The van der Waals surface area contributed by atoms with Crippen molar-refractivity contribution in [2.45, 2.75) is 52.9 Å². The maximum Gasteiger partial charge on any atom is 0.272 e. The minimum Gasteiger partial charge on any atom is -0.345 e. The Hall–Kier alpha value is -1.73. The van der Waals surface area contributed by atoms with Crippen LogP contribution in [0.4, 0.5) is 0 Å². The fraction of sp³-hybridized carbons (Fsp3) is 0.562. The predicted molar refractivity (Wildman–Crippen MR) is 90.4 cm³/mol. The molecule has 0 radical (unpaired) electrons. The maximum absolute atomic E-state index is 12.3. The Labute approximate surface area is 140 Å². The van der Waals surface area contributed by atoms with Crippen molar-refractivity contribution < 1.29 is 4.79 Å². The summed E-state index contributed by atoms with van der Waals surface area (Å²) in [7, 11) is 0. The van der Waals surface area contributed by atoms with Gasteiger partial charge in [-0.05, 0) is 33.3 Å². The number of hydrogen-bond donors (Lipinski definition) is 1. The van der Waals surface area contributed by atoms with E-state index in [1.165, 1.54) is 0 Å². The lowest BCUT2D eigenvalue weighted by Crippen LogP contribution is -2.30. The summed E-state index contributed by atoms with van der Waals surface area (Å²) in [5.74, 6) is -0.132.